The van der Waals surface area contributed by atoms with Crippen molar-refractivity contribution in [2.45, 2.75) is 37.6 Å². The van der Waals surface area contributed by atoms with Crippen molar-refractivity contribution in [1.29, 1.82) is 0 Å². The molecule has 3 N–H and O–H groups in total. The number of carbonyl (C=O) groups is 1. The van der Waals surface area contributed by atoms with Crippen LogP contribution >= 0.6 is 11.6 Å². The van der Waals surface area contributed by atoms with Crippen molar-refractivity contribution in [1.82, 2.24) is 24.3 Å². The second-order valence-electron chi connectivity index (χ2n) is 8.91. The second-order valence-corrected chi connectivity index (χ2v) is 9.34. The van der Waals surface area contributed by atoms with Crippen LogP contribution in [-0.4, -0.2) is 30.2 Å². The van der Waals surface area contributed by atoms with Crippen LogP contribution in [0, 0.1) is 5.92 Å². The first-order valence-corrected chi connectivity index (χ1v) is 11.7. The molecule has 6 rings (SSSR count). The van der Waals surface area contributed by atoms with E-state index in [0.717, 1.165) is 23.3 Å². The molecule has 2 aliphatic carbocycles. The van der Waals surface area contributed by atoms with Crippen molar-refractivity contribution in [3.63, 3.8) is 0 Å². The fourth-order valence-electron chi connectivity index (χ4n) is 4.30. The Morgan fingerprint density at radius 3 is 2.82 bits per heavy atom. The average molecular weight is 476 g/mol. The lowest BCUT2D eigenvalue weighted by Crippen LogP contribution is -2.23. The number of fused-ring (bicyclic) bond motifs is 1. The molecule has 34 heavy (non-hydrogen) atoms. The quantitative estimate of drug-likeness (QED) is 0.375. The number of pyridine rings is 1. The maximum Gasteiger partial charge on any atom is 0.351 e. The number of nitrogens with zero attached hydrogens (tertiary/aromatic N) is 4. The van der Waals surface area contributed by atoms with Crippen molar-refractivity contribution < 1.29 is 4.79 Å². The minimum Gasteiger partial charge on any atom is -0.348 e. The number of carbonyl (C=O) groups excluding carboxylic acids is 1. The summed E-state index contributed by atoms with van der Waals surface area (Å²) in [6, 6.07) is 11.7. The number of hydrogen-bond donors (Lipinski definition) is 3. The van der Waals surface area contributed by atoms with E-state index < -0.39 is 5.69 Å². The van der Waals surface area contributed by atoms with Crippen molar-refractivity contribution in [2.75, 3.05) is 10.6 Å². The average Bonchev–Trinajstić information content (AvgIpc) is 3.73. The maximum atomic E-state index is 12.7. The van der Waals surface area contributed by atoms with Gasteiger partial charge in [-0.2, -0.15) is 9.97 Å². The summed E-state index contributed by atoms with van der Waals surface area (Å²) >= 11 is 6.06. The number of H-pyrrole nitrogens is 1. The Morgan fingerprint density at radius 2 is 2.00 bits per heavy atom. The molecule has 2 atom stereocenters. The Bertz CT molecular complexity index is 1460. The van der Waals surface area contributed by atoms with E-state index in [2.05, 4.69) is 42.8 Å². The first kappa shape index (κ1) is 20.9. The summed E-state index contributed by atoms with van der Waals surface area (Å²) < 4.78 is 2.01. The number of aromatic nitrogens is 5. The summed E-state index contributed by atoms with van der Waals surface area (Å²) in [6.07, 6.45) is 7.29. The van der Waals surface area contributed by atoms with Gasteiger partial charge in [-0.25, -0.2) is 9.78 Å². The van der Waals surface area contributed by atoms with Crippen LogP contribution in [0.3, 0.4) is 0 Å². The van der Waals surface area contributed by atoms with Crippen LogP contribution in [0.5, 0.6) is 0 Å². The molecule has 2 aliphatic rings. The highest BCUT2D eigenvalue weighted by molar-refractivity contribution is 6.30. The SMILES string of the molecule is O=C(Nc1nc(NCc2cn3cc(C4CC4)ccc3n2)nc(=O)[nH]1)[C@H]1C[C@@H]1c1cccc(Cl)c1. The topological polar surface area (TPSA) is 117 Å². The molecule has 0 aliphatic heterocycles. The van der Waals surface area contributed by atoms with Gasteiger partial charge >= 0.3 is 5.69 Å². The van der Waals surface area contributed by atoms with Gasteiger partial charge in [-0.15, -0.1) is 0 Å². The number of aromatic amines is 1. The van der Waals surface area contributed by atoms with Gasteiger partial charge in [0.25, 0.3) is 0 Å². The molecule has 3 heterocycles. The molecule has 3 aromatic heterocycles. The number of imidazole rings is 1. The molecule has 0 bridgehead atoms. The van der Waals surface area contributed by atoms with E-state index in [1.807, 2.05) is 34.9 Å². The zero-order valence-corrected chi connectivity index (χ0v) is 18.9. The standard InChI is InChI=1S/C24H22ClN7O2/c25-16-3-1-2-14(8-16)18-9-19(18)21(33)28-23-29-22(30-24(34)31-23)26-10-17-12-32-11-15(13-4-5-13)6-7-20(32)27-17/h1-3,6-8,11-13,18-19H,4-5,9-10H2,(H3,26,28,29,30,31,33,34)/t18-,19+/m1/s1. The fourth-order valence-corrected chi connectivity index (χ4v) is 4.50. The van der Waals surface area contributed by atoms with E-state index in [0.29, 0.717) is 17.5 Å². The summed E-state index contributed by atoms with van der Waals surface area (Å²) in [4.78, 5) is 39.9. The smallest absolute Gasteiger partial charge is 0.348 e. The van der Waals surface area contributed by atoms with Crippen LogP contribution in [0.25, 0.3) is 5.65 Å². The van der Waals surface area contributed by atoms with Gasteiger partial charge in [0, 0.05) is 23.3 Å². The zero-order valence-electron chi connectivity index (χ0n) is 18.2. The zero-order chi connectivity index (χ0) is 23.2. The lowest BCUT2D eigenvalue weighted by Gasteiger charge is -2.07. The van der Waals surface area contributed by atoms with Crippen LogP contribution in [0.15, 0.2) is 53.6 Å². The predicted octanol–water partition coefficient (Wildman–Crippen LogP) is 3.70. The number of anilines is 2. The Hall–Kier alpha value is -3.72. The van der Waals surface area contributed by atoms with Crippen molar-refractivity contribution in [3.05, 3.63) is 81.1 Å². The predicted molar refractivity (Wildman–Crippen MR) is 128 cm³/mol. The molecule has 4 aromatic rings. The maximum absolute atomic E-state index is 12.7. The first-order valence-electron chi connectivity index (χ1n) is 11.3. The molecule has 10 heteroatoms. The Balaban J connectivity index is 1.11. The monoisotopic (exact) mass is 475 g/mol. The molecule has 9 nitrogen and oxygen atoms in total. The fraction of sp³-hybridized carbons (Fsp3) is 0.292. The molecule has 1 amide bonds. The molecule has 2 fully saturated rings. The van der Waals surface area contributed by atoms with Crippen molar-refractivity contribution >= 4 is 35.1 Å². The minimum absolute atomic E-state index is 0.0633. The summed E-state index contributed by atoms with van der Waals surface area (Å²) in [5.41, 5.74) is 3.42. The molecule has 0 radical (unpaired) electrons. The van der Waals surface area contributed by atoms with Crippen LogP contribution in [-0.2, 0) is 11.3 Å². The third-order valence-corrected chi connectivity index (χ3v) is 6.53. The number of benzene rings is 1. The molecular formula is C24H22ClN7O2. The molecule has 1 aromatic carbocycles. The molecule has 172 valence electrons. The van der Waals surface area contributed by atoms with Crippen molar-refractivity contribution in [2.24, 2.45) is 5.92 Å². The third-order valence-electron chi connectivity index (χ3n) is 6.30. The number of hydrogen-bond acceptors (Lipinski definition) is 6. The van der Waals surface area contributed by atoms with E-state index in [1.165, 1.54) is 18.4 Å². The molecule has 0 saturated heterocycles. The van der Waals surface area contributed by atoms with Gasteiger partial charge in [-0.3, -0.25) is 15.1 Å². The van der Waals surface area contributed by atoms with Crippen LogP contribution in [0.4, 0.5) is 11.9 Å². The Kier molecular flexibility index (Phi) is 5.06. The number of halogens is 1. The second kappa shape index (κ2) is 8.25. The van der Waals surface area contributed by atoms with E-state index in [-0.39, 0.29) is 29.6 Å². The van der Waals surface area contributed by atoms with Crippen LogP contribution < -0.4 is 16.3 Å². The summed E-state index contributed by atoms with van der Waals surface area (Å²) in [7, 11) is 0. The Labute approximate surface area is 199 Å². The highest BCUT2D eigenvalue weighted by Crippen LogP contribution is 2.48. The lowest BCUT2D eigenvalue weighted by molar-refractivity contribution is -0.117. The summed E-state index contributed by atoms with van der Waals surface area (Å²) in [5, 5.41) is 6.38. The third kappa shape index (κ3) is 4.38. The molecule has 2 saturated carbocycles. The number of nitrogens with one attached hydrogen (secondary N) is 3. The van der Waals surface area contributed by atoms with Gasteiger partial charge < -0.3 is 9.72 Å². The van der Waals surface area contributed by atoms with Gasteiger partial charge in [0.05, 0.1) is 12.2 Å². The highest BCUT2D eigenvalue weighted by Gasteiger charge is 2.44. The summed E-state index contributed by atoms with van der Waals surface area (Å²) in [6.45, 7) is 0.344. The van der Waals surface area contributed by atoms with E-state index in [9.17, 15) is 9.59 Å². The Morgan fingerprint density at radius 1 is 1.12 bits per heavy atom. The number of rotatable bonds is 7. The molecule has 0 unspecified atom stereocenters. The van der Waals surface area contributed by atoms with Gasteiger partial charge in [-0.05, 0) is 60.4 Å². The van der Waals surface area contributed by atoms with Crippen LogP contribution in [0.1, 0.15) is 47.9 Å². The first-order chi connectivity index (χ1) is 16.5. The van der Waals surface area contributed by atoms with Gasteiger partial charge in [0.1, 0.15) is 5.65 Å². The molecule has 0 spiro atoms. The van der Waals surface area contributed by atoms with Crippen LogP contribution in [0.2, 0.25) is 5.02 Å². The van der Waals surface area contributed by atoms with Gasteiger partial charge in [0.2, 0.25) is 17.8 Å². The lowest BCUT2D eigenvalue weighted by atomic mass is 10.1. The normalized spacial score (nSPS) is 19.2. The summed E-state index contributed by atoms with van der Waals surface area (Å²) in [5.74, 6) is 0.581. The van der Waals surface area contributed by atoms with Gasteiger partial charge in [-0.1, -0.05) is 29.8 Å². The highest BCUT2D eigenvalue weighted by atomic mass is 35.5. The van der Waals surface area contributed by atoms with E-state index in [4.69, 9.17) is 11.6 Å². The van der Waals surface area contributed by atoms with E-state index in [1.54, 1.807) is 6.07 Å². The van der Waals surface area contributed by atoms with E-state index >= 15 is 0 Å². The molecular weight excluding hydrogens is 454 g/mol. The van der Waals surface area contributed by atoms with Crippen molar-refractivity contribution in [3.8, 4) is 0 Å². The minimum atomic E-state index is -0.598. The largest absolute Gasteiger partial charge is 0.351 e. The number of amides is 1. The van der Waals surface area contributed by atoms with Gasteiger partial charge in [0.15, 0.2) is 0 Å².